The number of esters is 2. The third-order valence-electron chi connectivity index (χ3n) is 5.06. The Morgan fingerprint density at radius 3 is 2.56 bits per heavy atom. The lowest BCUT2D eigenvalue weighted by Gasteiger charge is -2.33. The lowest BCUT2D eigenvalue weighted by atomic mass is 10.1. The molecule has 0 bridgehead atoms. The Labute approximate surface area is 184 Å². The molecule has 1 aromatic carbocycles. The molecular weight excluding hydrogens is 418 g/mol. The molecule has 0 saturated heterocycles. The van der Waals surface area contributed by atoms with Crippen LogP contribution in [-0.4, -0.2) is 61.6 Å². The number of nitrogens with one attached hydrogen (secondary N) is 2. The van der Waals surface area contributed by atoms with Crippen molar-refractivity contribution >= 4 is 29.4 Å². The summed E-state index contributed by atoms with van der Waals surface area (Å²) in [5.41, 5.74) is 1.67. The van der Waals surface area contributed by atoms with Crippen LogP contribution in [0.5, 0.6) is 5.75 Å². The Morgan fingerprint density at radius 1 is 1.16 bits per heavy atom. The van der Waals surface area contributed by atoms with E-state index in [0.29, 0.717) is 22.7 Å². The van der Waals surface area contributed by atoms with Gasteiger partial charge in [0.2, 0.25) is 0 Å². The van der Waals surface area contributed by atoms with E-state index in [4.69, 9.17) is 14.2 Å². The summed E-state index contributed by atoms with van der Waals surface area (Å²) in [5, 5.41) is 2.50. The molecule has 2 amide bonds. The maximum atomic E-state index is 12.9. The molecule has 0 radical (unpaired) electrons. The molecule has 2 aromatic rings. The van der Waals surface area contributed by atoms with E-state index >= 15 is 0 Å². The molecule has 0 fully saturated rings. The number of aromatic amines is 1. The summed E-state index contributed by atoms with van der Waals surface area (Å²) in [4.78, 5) is 53.8. The second-order valence-corrected chi connectivity index (χ2v) is 7.11. The molecule has 0 saturated carbocycles. The largest absolute Gasteiger partial charge is 0.477 e. The second kappa shape index (κ2) is 9.54. The third kappa shape index (κ3) is 4.43. The van der Waals surface area contributed by atoms with E-state index in [1.54, 1.807) is 45.0 Å². The smallest absolute Gasteiger partial charge is 0.355 e. The van der Waals surface area contributed by atoms with Gasteiger partial charge in [-0.25, -0.2) is 9.59 Å². The first-order valence-electron chi connectivity index (χ1n) is 10.1. The number of carbonyl (C=O) groups excluding carboxylic acids is 4. The Balaban J connectivity index is 1.74. The molecule has 1 atom stereocenters. The van der Waals surface area contributed by atoms with Crippen molar-refractivity contribution < 1.29 is 33.4 Å². The Kier molecular flexibility index (Phi) is 6.82. The first kappa shape index (κ1) is 22.9. The number of para-hydroxylation sites is 2. The van der Waals surface area contributed by atoms with Gasteiger partial charge in [0.15, 0.2) is 12.7 Å². The van der Waals surface area contributed by atoms with Gasteiger partial charge in [-0.1, -0.05) is 12.1 Å². The van der Waals surface area contributed by atoms with E-state index in [9.17, 15) is 19.2 Å². The van der Waals surface area contributed by atoms with Crippen molar-refractivity contribution in [3.05, 3.63) is 46.8 Å². The van der Waals surface area contributed by atoms with E-state index in [1.807, 2.05) is 0 Å². The number of aryl methyl sites for hydroxylation is 1. The van der Waals surface area contributed by atoms with Crippen LogP contribution < -0.4 is 15.0 Å². The van der Waals surface area contributed by atoms with Crippen molar-refractivity contribution in [2.24, 2.45) is 0 Å². The fraction of sp³-hybridized carbons (Fsp3) is 0.364. The molecule has 170 valence electrons. The maximum Gasteiger partial charge on any atom is 0.355 e. The fourth-order valence-electron chi connectivity index (χ4n) is 3.51. The van der Waals surface area contributed by atoms with E-state index < -0.39 is 30.6 Å². The summed E-state index contributed by atoms with van der Waals surface area (Å²) in [6, 6.07) is 6.79. The minimum absolute atomic E-state index is 0.0271. The van der Waals surface area contributed by atoms with Crippen LogP contribution in [0.4, 0.5) is 5.69 Å². The molecule has 2 N–H and O–H groups in total. The molecule has 1 aromatic heterocycles. The highest BCUT2D eigenvalue weighted by Gasteiger charge is 2.34. The van der Waals surface area contributed by atoms with Gasteiger partial charge in [-0.3, -0.25) is 9.59 Å². The summed E-state index contributed by atoms with van der Waals surface area (Å²) in [6.07, 6.45) is -0.894. The van der Waals surface area contributed by atoms with Gasteiger partial charge in [-0.15, -0.1) is 0 Å². The number of likely N-dealkylation sites (N-methyl/N-ethyl adjacent to an activating group) is 1. The van der Waals surface area contributed by atoms with Crippen LogP contribution in [0.1, 0.15) is 39.0 Å². The van der Waals surface area contributed by atoms with Crippen molar-refractivity contribution in [3.8, 4) is 5.75 Å². The van der Waals surface area contributed by atoms with E-state index in [2.05, 4.69) is 10.3 Å². The Morgan fingerprint density at radius 2 is 1.88 bits per heavy atom. The average molecular weight is 443 g/mol. The average Bonchev–Trinajstić information content (AvgIpc) is 3.09. The van der Waals surface area contributed by atoms with Crippen LogP contribution in [0.25, 0.3) is 0 Å². The number of ether oxygens (including phenoxy) is 3. The minimum Gasteiger partial charge on any atom is -0.477 e. The first-order chi connectivity index (χ1) is 15.3. The van der Waals surface area contributed by atoms with E-state index in [-0.39, 0.29) is 30.3 Å². The highest BCUT2D eigenvalue weighted by molar-refractivity contribution is 6.01. The van der Waals surface area contributed by atoms with Crippen LogP contribution in [-0.2, 0) is 19.1 Å². The third-order valence-corrected chi connectivity index (χ3v) is 5.06. The van der Waals surface area contributed by atoms with Crippen LogP contribution in [0.3, 0.4) is 0 Å². The Bertz CT molecular complexity index is 1060. The molecule has 0 spiro atoms. The van der Waals surface area contributed by atoms with Crippen LogP contribution in [0, 0.1) is 13.8 Å². The zero-order valence-corrected chi connectivity index (χ0v) is 18.3. The zero-order chi connectivity index (χ0) is 23.4. The predicted molar refractivity (Wildman–Crippen MR) is 114 cm³/mol. The number of benzene rings is 1. The van der Waals surface area contributed by atoms with Crippen molar-refractivity contribution in [3.63, 3.8) is 0 Å². The van der Waals surface area contributed by atoms with Crippen molar-refractivity contribution in [2.75, 3.05) is 31.7 Å². The highest BCUT2D eigenvalue weighted by atomic mass is 16.5. The van der Waals surface area contributed by atoms with E-state index in [0.717, 1.165) is 0 Å². The van der Waals surface area contributed by atoms with Gasteiger partial charge in [0, 0.05) is 12.7 Å². The topological polar surface area (TPSA) is 127 Å². The second-order valence-electron chi connectivity index (χ2n) is 7.11. The zero-order valence-electron chi connectivity index (χ0n) is 18.3. The monoisotopic (exact) mass is 443 g/mol. The normalized spacial score (nSPS) is 14.8. The number of anilines is 1. The molecule has 1 aliphatic rings. The number of carbonyl (C=O) groups is 4. The number of H-pyrrole nitrogens is 1. The standard InChI is InChI=1S/C22H25N3O7/c1-5-30-21(28)18-12(2)19(24-13(18)3)22(29)31-11-17(26)25-10-16(20(27)23-4)32-15-9-7-6-8-14(15)25/h6-9,16,24H,5,10-11H2,1-4H3,(H,23,27). The van der Waals surface area contributed by atoms with Crippen LogP contribution >= 0.6 is 0 Å². The molecule has 10 heteroatoms. The molecule has 0 aliphatic carbocycles. The molecule has 1 aliphatic heterocycles. The summed E-state index contributed by atoms with van der Waals surface area (Å²) in [5.74, 6) is -1.84. The van der Waals surface area contributed by atoms with Gasteiger partial charge in [0.25, 0.3) is 11.8 Å². The van der Waals surface area contributed by atoms with Gasteiger partial charge >= 0.3 is 11.9 Å². The lowest BCUT2D eigenvalue weighted by Crippen LogP contribution is -2.51. The summed E-state index contributed by atoms with van der Waals surface area (Å²) >= 11 is 0. The van der Waals surface area contributed by atoms with Crippen LogP contribution in [0.2, 0.25) is 0 Å². The highest BCUT2D eigenvalue weighted by Crippen LogP contribution is 2.33. The van der Waals surface area contributed by atoms with Gasteiger partial charge in [-0.05, 0) is 38.5 Å². The molecular formula is C22H25N3O7. The number of aromatic nitrogens is 1. The van der Waals surface area contributed by atoms with Crippen molar-refractivity contribution in [1.29, 1.82) is 0 Å². The van der Waals surface area contributed by atoms with Gasteiger partial charge in [0.1, 0.15) is 11.4 Å². The minimum atomic E-state index is -0.894. The number of nitrogens with zero attached hydrogens (tertiary/aromatic N) is 1. The quantitative estimate of drug-likeness (QED) is 0.648. The summed E-state index contributed by atoms with van der Waals surface area (Å²) in [7, 11) is 1.48. The summed E-state index contributed by atoms with van der Waals surface area (Å²) < 4.78 is 15.9. The maximum absolute atomic E-state index is 12.9. The van der Waals surface area contributed by atoms with Crippen molar-refractivity contribution in [2.45, 2.75) is 26.9 Å². The van der Waals surface area contributed by atoms with Gasteiger partial charge < -0.3 is 29.4 Å². The molecule has 2 heterocycles. The Hall–Kier alpha value is -3.82. The molecule has 1 unspecified atom stereocenters. The first-order valence-corrected chi connectivity index (χ1v) is 10.1. The van der Waals surface area contributed by atoms with Crippen molar-refractivity contribution in [1.82, 2.24) is 10.3 Å². The fourth-order valence-corrected chi connectivity index (χ4v) is 3.51. The molecule has 32 heavy (non-hydrogen) atoms. The number of rotatable bonds is 6. The SMILES string of the molecule is CCOC(=O)c1c(C)[nH]c(C(=O)OCC(=O)N2CC(C(=O)NC)Oc3ccccc32)c1C. The molecule has 3 rings (SSSR count). The number of hydrogen-bond donors (Lipinski definition) is 2. The van der Waals surface area contributed by atoms with Crippen LogP contribution in [0.15, 0.2) is 24.3 Å². The number of amides is 2. The molecule has 10 nitrogen and oxygen atoms in total. The number of hydrogen-bond acceptors (Lipinski definition) is 7. The van der Waals surface area contributed by atoms with E-state index in [1.165, 1.54) is 11.9 Å². The van der Waals surface area contributed by atoms with Gasteiger partial charge in [-0.2, -0.15) is 0 Å². The predicted octanol–water partition coefficient (Wildman–Crippen LogP) is 1.51. The van der Waals surface area contributed by atoms with Gasteiger partial charge in [0.05, 0.1) is 24.4 Å². The summed E-state index contributed by atoms with van der Waals surface area (Å²) in [6.45, 7) is 4.55. The number of fused-ring (bicyclic) bond motifs is 1. The lowest BCUT2D eigenvalue weighted by molar-refractivity contribution is -0.128.